The van der Waals surface area contributed by atoms with E-state index in [0.717, 1.165) is 30.2 Å². The van der Waals surface area contributed by atoms with Gasteiger partial charge in [-0.05, 0) is 38.1 Å². The molecule has 6 heteroatoms. The van der Waals surface area contributed by atoms with Crippen molar-refractivity contribution < 1.29 is 4.74 Å². The van der Waals surface area contributed by atoms with E-state index in [1.54, 1.807) is 12.4 Å². The zero-order valence-electron chi connectivity index (χ0n) is 15.1. The molecule has 1 unspecified atom stereocenters. The first kappa shape index (κ1) is 16.9. The molecule has 0 aliphatic carbocycles. The maximum Gasteiger partial charge on any atom is 0.180 e. The van der Waals surface area contributed by atoms with E-state index >= 15 is 0 Å². The molecule has 1 fully saturated rings. The fourth-order valence-electron chi connectivity index (χ4n) is 3.34. The smallest absolute Gasteiger partial charge is 0.180 e. The molecule has 1 saturated heterocycles. The Bertz CT molecular complexity index is 884. The predicted octanol–water partition coefficient (Wildman–Crippen LogP) is 2.93. The monoisotopic (exact) mass is 349 g/mol. The van der Waals surface area contributed by atoms with Crippen LogP contribution in [0, 0.1) is 0 Å². The number of anilines is 2. The maximum atomic E-state index is 5.81. The van der Waals surface area contributed by atoms with Gasteiger partial charge in [0.15, 0.2) is 5.65 Å². The van der Waals surface area contributed by atoms with E-state index in [1.807, 2.05) is 30.3 Å². The Balaban J connectivity index is 1.68. The molecule has 0 bridgehead atoms. The highest BCUT2D eigenvalue weighted by atomic mass is 16.5. The number of benzene rings is 1. The number of morpholine rings is 1. The van der Waals surface area contributed by atoms with Crippen molar-refractivity contribution in [2.45, 2.75) is 25.4 Å². The molecule has 1 aromatic carbocycles. The minimum absolute atomic E-state index is 0.0342. The third-order valence-corrected chi connectivity index (χ3v) is 4.44. The van der Waals surface area contributed by atoms with Gasteiger partial charge in [0.1, 0.15) is 11.3 Å². The van der Waals surface area contributed by atoms with Gasteiger partial charge in [0.2, 0.25) is 0 Å². The summed E-state index contributed by atoms with van der Waals surface area (Å²) in [4.78, 5) is 15.6. The topological polar surface area (TPSA) is 63.2 Å². The largest absolute Gasteiger partial charge is 0.378 e. The summed E-state index contributed by atoms with van der Waals surface area (Å²) in [5.74, 6) is 0.856. The molecule has 1 aliphatic heterocycles. The maximum absolute atomic E-state index is 5.81. The van der Waals surface area contributed by atoms with Gasteiger partial charge in [-0.2, -0.15) is 0 Å². The number of ether oxygens (including phenoxy) is 1. The molecule has 26 heavy (non-hydrogen) atoms. The Hall–Kier alpha value is -2.57. The van der Waals surface area contributed by atoms with E-state index < -0.39 is 0 Å². The number of nitrogens with zero attached hydrogens (tertiary/aromatic N) is 4. The summed E-state index contributed by atoms with van der Waals surface area (Å²) >= 11 is 0. The SMILES string of the molecule is CC1(C)COCC(CN(c2ccccc2)c2ccc3nccnc3n2)N1. The van der Waals surface area contributed by atoms with Crippen LogP contribution in [0.15, 0.2) is 54.9 Å². The van der Waals surface area contributed by atoms with Gasteiger partial charge >= 0.3 is 0 Å². The summed E-state index contributed by atoms with van der Waals surface area (Å²) in [7, 11) is 0. The number of hydrogen-bond acceptors (Lipinski definition) is 6. The quantitative estimate of drug-likeness (QED) is 0.781. The molecule has 1 atom stereocenters. The van der Waals surface area contributed by atoms with Crippen molar-refractivity contribution in [1.82, 2.24) is 20.3 Å². The Kier molecular flexibility index (Phi) is 4.53. The fraction of sp³-hybridized carbons (Fsp3) is 0.350. The van der Waals surface area contributed by atoms with Crippen LogP contribution in [0.2, 0.25) is 0 Å². The molecule has 0 amide bonds. The van der Waals surface area contributed by atoms with Gasteiger partial charge in [-0.3, -0.25) is 4.98 Å². The molecular weight excluding hydrogens is 326 g/mol. The zero-order chi connectivity index (χ0) is 18.0. The number of pyridine rings is 1. The molecule has 1 N–H and O–H groups in total. The van der Waals surface area contributed by atoms with Crippen LogP contribution < -0.4 is 10.2 Å². The van der Waals surface area contributed by atoms with E-state index in [4.69, 9.17) is 9.72 Å². The molecule has 0 saturated carbocycles. The number of aromatic nitrogens is 3. The number of nitrogens with one attached hydrogen (secondary N) is 1. The van der Waals surface area contributed by atoms with Crippen LogP contribution in [-0.4, -0.2) is 46.3 Å². The minimum atomic E-state index is -0.0342. The first-order valence-electron chi connectivity index (χ1n) is 8.87. The predicted molar refractivity (Wildman–Crippen MR) is 103 cm³/mol. The highest BCUT2D eigenvalue weighted by molar-refractivity contribution is 5.73. The first-order valence-corrected chi connectivity index (χ1v) is 8.87. The summed E-state index contributed by atoms with van der Waals surface area (Å²) in [5.41, 5.74) is 2.50. The van der Waals surface area contributed by atoms with Crippen LogP contribution in [0.1, 0.15) is 13.8 Å². The first-order chi connectivity index (χ1) is 12.6. The highest BCUT2D eigenvalue weighted by Crippen LogP contribution is 2.26. The van der Waals surface area contributed by atoms with Gasteiger partial charge in [0.25, 0.3) is 0 Å². The summed E-state index contributed by atoms with van der Waals surface area (Å²) in [6.07, 6.45) is 3.36. The molecular formula is C20H23N5O. The van der Waals surface area contributed by atoms with Crippen molar-refractivity contribution in [3.05, 3.63) is 54.9 Å². The zero-order valence-corrected chi connectivity index (χ0v) is 15.1. The second-order valence-corrected chi connectivity index (χ2v) is 7.25. The van der Waals surface area contributed by atoms with Crippen LogP contribution in [0.4, 0.5) is 11.5 Å². The second-order valence-electron chi connectivity index (χ2n) is 7.25. The normalized spacial score (nSPS) is 19.4. The van der Waals surface area contributed by atoms with Crippen molar-refractivity contribution in [3.63, 3.8) is 0 Å². The highest BCUT2D eigenvalue weighted by Gasteiger charge is 2.29. The molecule has 134 valence electrons. The van der Waals surface area contributed by atoms with Crippen LogP contribution in [0.5, 0.6) is 0 Å². The van der Waals surface area contributed by atoms with E-state index in [-0.39, 0.29) is 11.6 Å². The van der Waals surface area contributed by atoms with Crippen molar-refractivity contribution in [3.8, 4) is 0 Å². The molecule has 2 aromatic heterocycles. The van der Waals surface area contributed by atoms with E-state index in [0.29, 0.717) is 12.3 Å². The lowest BCUT2D eigenvalue weighted by Crippen LogP contribution is -2.58. The van der Waals surface area contributed by atoms with Crippen molar-refractivity contribution in [2.24, 2.45) is 0 Å². The Labute approximate surface area is 153 Å². The summed E-state index contributed by atoms with van der Waals surface area (Å²) in [6, 6.07) is 14.5. The van der Waals surface area contributed by atoms with Gasteiger partial charge in [0.05, 0.1) is 13.2 Å². The Morgan fingerprint density at radius 1 is 1.12 bits per heavy atom. The number of hydrogen-bond donors (Lipinski definition) is 1. The van der Waals surface area contributed by atoms with Gasteiger partial charge in [0, 0.05) is 36.2 Å². The number of fused-ring (bicyclic) bond motifs is 1. The molecule has 0 spiro atoms. The van der Waals surface area contributed by atoms with E-state index in [9.17, 15) is 0 Å². The molecule has 6 nitrogen and oxygen atoms in total. The van der Waals surface area contributed by atoms with Crippen molar-refractivity contribution >= 4 is 22.7 Å². The van der Waals surface area contributed by atoms with Gasteiger partial charge in [-0.15, -0.1) is 0 Å². The minimum Gasteiger partial charge on any atom is -0.378 e. The van der Waals surface area contributed by atoms with Crippen LogP contribution in [-0.2, 0) is 4.74 Å². The third-order valence-electron chi connectivity index (χ3n) is 4.44. The van der Waals surface area contributed by atoms with E-state index in [2.05, 4.69) is 46.2 Å². The number of rotatable bonds is 4. The molecule has 1 aliphatic rings. The van der Waals surface area contributed by atoms with Crippen molar-refractivity contribution in [1.29, 1.82) is 0 Å². The lowest BCUT2D eigenvalue weighted by Gasteiger charge is -2.39. The molecule has 3 aromatic rings. The third kappa shape index (κ3) is 3.66. The van der Waals surface area contributed by atoms with Gasteiger partial charge in [-0.25, -0.2) is 9.97 Å². The van der Waals surface area contributed by atoms with E-state index in [1.165, 1.54) is 0 Å². The average Bonchev–Trinajstić information content (AvgIpc) is 2.66. The Morgan fingerprint density at radius 2 is 1.92 bits per heavy atom. The summed E-state index contributed by atoms with van der Waals surface area (Å²) in [6.45, 7) is 6.48. The van der Waals surface area contributed by atoms with Gasteiger partial charge < -0.3 is 15.0 Å². The Morgan fingerprint density at radius 3 is 2.73 bits per heavy atom. The fourth-order valence-corrected chi connectivity index (χ4v) is 3.34. The lowest BCUT2D eigenvalue weighted by molar-refractivity contribution is 0.0157. The van der Waals surface area contributed by atoms with Crippen molar-refractivity contribution in [2.75, 3.05) is 24.7 Å². The summed E-state index contributed by atoms with van der Waals surface area (Å²) < 4.78 is 5.81. The van der Waals surface area contributed by atoms with Gasteiger partial charge in [-0.1, -0.05) is 18.2 Å². The summed E-state index contributed by atoms with van der Waals surface area (Å²) in [5, 5.41) is 3.68. The van der Waals surface area contributed by atoms with Crippen LogP contribution in [0.3, 0.4) is 0 Å². The lowest BCUT2D eigenvalue weighted by atomic mass is 10.0. The standard InChI is InChI=1S/C20H23N5O/c1-20(2)14-26-13-15(24-20)12-25(16-6-4-3-5-7-16)18-9-8-17-19(23-18)22-11-10-21-17/h3-11,15,24H,12-14H2,1-2H3. The molecule has 3 heterocycles. The van der Waals surface area contributed by atoms with Crippen LogP contribution in [0.25, 0.3) is 11.2 Å². The number of para-hydroxylation sites is 1. The molecule has 0 radical (unpaired) electrons. The second kappa shape index (κ2) is 6.97. The molecule has 4 rings (SSSR count). The van der Waals surface area contributed by atoms with Crippen LogP contribution >= 0.6 is 0 Å². The average molecular weight is 349 g/mol.